The molecule has 3 nitrogen and oxygen atoms in total. The first-order valence-electron chi connectivity index (χ1n) is 4.89. The van der Waals surface area contributed by atoms with Crippen LogP contribution in [0.2, 0.25) is 0 Å². The third kappa shape index (κ3) is 3.11. The molecule has 0 aliphatic carbocycles. The SMILES string of the molecule is O=C(NCc1ccc(F)cc1F)c1cnc(Br)s1. The van der Waals surface area contributed by atoms with Gasteiger partial charge in [-0.1, -0.05) is 6.07 Å². The lowest BCUT2D eigenvalue weighted by atomic mass is 10.2. The Kier molecular flexibility index (Phi) is 4.03. The van der Waals surface area contributed by atoms with Gasteiger partial charge in [-0.2, -0.15) is 0 Å². The lowest BCUT2D eigenvalue weighted by Crippen LogP contribution is -2.22. The molecule has 0 aliphatic heterocycles. The first-order valence-corrected chi connectivity index (χ1v) is 6.50. The van der Waals surface area contributed by atoms with Gasteiger partial charge in [-0.3, -0.25) is 4.79 Å². The van der Waals surface area contributed by atoms with Gasteiger partial charge in [0, 0.05) is 18.2 Å². The number of hydrogen-bond donors (Lipinski definition) is 1. The number of nitrogens with zero attached hydrogens (tertiary/aromatic N) is 1. The van der Waals surface area contributed by atoms with E-state index in [1.54, 1.807) is 0 Å². The summed E-state index contributed by atoms with van der Waals surface area (Å²) in [6.07, 6.45) is 1.42. The summed E-state index contributed by atoms with van der Waals surface area (Å²) in [6.45, 7) is 0.000462. The van der Waals surface area contributed by atoms with Gasteiger partial charge in [0.2, 0.25) is 0 Å². The van der Waals surface area contributed by atoms with Crippen LogP contribution in [0.15, 0.2) is 28.3 Å². The van der Waals surface area contributed by atoms with E-state index in [0.29, 0.717) is 8.79 Å². The van der Waals surface area contributed by atoms with Crippen LogP contribution in [0.25, 0.3) is 0 Å². The second-order valence-electron chi connectivity index (χ2n) is 3.40. The minimum Gasteiger partial charge on any atom is -0.347 e. The first kappa shape index (κ1) is 13.1. The molecule has 1 aromatic heterocycles. The molecule has 0 atom stereocenters. The minimum atomic E-state index is -0.680. The summed E-state index contributed by atoms with van der Waals surface area (Å²) in [7, 11) is 0. The number of rotatable bonds is 3. The van der Waals surface area contributed by atoms with Crippen molar-refractivity contribution in [1.29, 1.82) is 0 Å². The van der Waals surface area contributed by atoms with Gasteiger partial charge in [0.1, 0.15) is 16.5 Å². The molecule has 0 radical (unpaired) electrons. The van der Waals surface area contributed by atoms with Crippen LogP contribution < -0.4 is 5.32 Å². The number of halogens is 3. The Morgan fingerprint density at radius 3 is 2.83 bits per heavy atom. The van der Waals surface area contributed by atoms with Crippen LogP contribution in [0.5, 0.6) is 0 Å². The maximum Gasteiger partial charge on any atom is 0.263 e. The minimum absolute atomic E-state index is 0.000462. The molecular weight excluding hydrogens is 326 g/mol. The fourth-order valence-electron chi connectivity index (χ4n) is 1.29. The van der Waals surface area contributed by atoms with Gasteiger partial charge in [0.15, 0.2) is 3.92 Å². The van der Waals surface area contributed by atoms with E-state index in [4.69, 9.17) is 0 Å². The van der Waals surface area contributed by atoms with E-state index in [1.165, 1.54) is 23.6 Å². The van der Waals surface area contributed by atoms with Crippen molar-refractivity contribution in [2.75, 3.05) is 0 Å². The van der Waals surface area contributed by atoms with Crippen LogP contribution in [-0.4, -0.2) is 10.9 Å². The Morgan fingerprint density at radius 2 is 2.22 bits per heavy atom. The zero-order valence-corrected chi connectivity index (χ0v) is 11.3. The zero-order chi connectivity index (χ0) is 13.1. The number of nitrogens with one attached hydrogen (secondary N) is 1. The van der Waals surface area contributed by atoms with Gasteiger partial charge < -0.3 is 5.32 Å². The summed E-state index contributed by atoms with van der Waals surface area (Å²) in [5, 5.41) is 2.54. The summed E-state index contributed by atoms with van der Waals surface area (Å²) >= 11 is 4.32. The van der Waals surface area contributed by atoms with E-state index in [-0.39, 0.29) is 18.0 Å². The summed E-state index contributed by atoms with van der Waals surface area (Å²) in [5.74, 6) is -1.67. The smallest absolute Gasteiger partial charge is 0.263 e. The molecule has 0 aliphatic rings. The topological polar surface area (TPSA) is 42.0 Å². The van der Waals surface area contributed by atoms with Crippen molar-refractivity contribution < 1.29 is 13.6 Å². The highest BCUT2D eigenvalue weighted by Gasteiger charge is 2.10. The lowest BCUT2D eigenvalue weighted by molar-refractivity contribution is 0.0954. The van der Waals surface area contributed by atoms with Gasteiger partial charge >= 0.3 is 0 Å². The fourth-order valence-corrected chi connectivity index (χ4v) is 2.47. The molecule has 2 aromatic rings. The van der Waals surface area contributed by atoms with Crippen LogP contribution in [0, 0.1) is 11.6 Å². The first-order chi connectivity index (χ1) is 8.56. The summed E-state index contributed by atoms with van der Waals surface area (Å²) in [4.78, 5) is 15.9. The predicted octanol–water partition coefficient (Wildman–Crippen LogP) is 3.11. The van der Waals surface area contributed by atoms with Gasteiger partial charge in [-0.25, -0.2) is 13.8 Å². The molecule has 0 unspecified atom stereocenters. The van der Waals surface area contributed by atoms with Crippen molar-refractivity contribution in [3.05, 3.63) is 50.4 Å². The molecule has 94 valence electrons. The Hall–Kier alpha value is -1.34. The van der Waals surface area contributed by atoms with E-state index in [1.807, 2.05) is 0 Å². The third-order valence-corrected chi connectivity index (χ3v) is 3.63. The number of hydrogen-bond acceptors (Lipinski definition) is 3. The average Bonchev–Trinajstić information content (AvgIpc) is 2.74. The third-order valence-electron chi connectivity index (χ3n) is 2.16. The van der Waals surface area contributed by atoms with E-state index in [0.717, 1.165) is 12.1 Å². The molecule has 0 saturated heterocycles. The van der Waals surface area contributed by atoms with Crippen LogP contribution in [0.4, 0.5) is 8.78 Å². The predicted molar refractivity (Wildman–Crippen MR) is 67.3 cm³/mol. The number of carbonyl (C=O) groups excluding carboxylic acids is 1. The van der Waals surface area contributed by atoms with E-state index < -0.39 is 11.6 Å². The van der Waals surface area contributed by atoms with Crippen molar-refractivity contribution in [1.82, 2.24) is 10.3 Å². The number of thiazole rings is 1. The standard InChI is InChI=1S/C11H7BrF2N2OS/c12-11-16-5-9(18-11)10(17)15-4-6-1-2-7(13)3-8(6)14/h1-3,5H,4H2,(H,15,17). The number of aromatic nitrogens is 1. The van der Waals surface area contributed by atoms with Gasteiger partial charge in [0.25, 0.3) is 5.91 Å². The average molecular weight is 333 g/mol. The summed E-state index contributed by atoms with van der Waals surface area (Å²) in [5.41, 5.74) is 0.230. The maximum atomic E-state index is 13.3. The van der Waals surface area contributed by atoms with Crippen LogP contribution in [-0.2, 0) is 6.54 Å². The molecule has 18 heavy (non-hydrogen) atoms. The Morgan fingerprint density at radius 1 is 1.44 bits per heavy atom. The maximum absolute atomic E-state index is 13.3. The normalized spacial score (nSPS) is 10.4. The summed E-state index contributed by atoms with van der Waals surface area (Å²) in [6, 6.07) is 3.23. The molecule has 1 aromatic carbocycles. The molecule has 7 heteroatoms. The highest BCUT2D eigenvalue weighted by Crippen LogP contribution is 2.18. The molecular formula is C11H7BrF2N2OS. The highest BCUT2D eigenvalue weighted by molar-refractivity contribution is 9.11. The molecule has 0 spiro atoms. The van der Waals surface area contributed by atoms with Crippen LogP contribution >= 0.6 is 27.3 Å². The van der Waals surface area contributed by atoms with E-state index >= 15 is 0 Å². The Balaban J connectivity index is 2.01. The largest absolute Gasteiger partial charge is 0.347 e. The van der Waals surface area contributed by atoms with Crippen molar-refractivity contribution >= 4 is 33.2 Å². The molecule has 1 amide bonds. The molecule has 1 N–H and O–H groups in total. The molecule has 0 saturated carbocycles. The monoisotopic (exact) mass is 332 g/mol. The summed E-state index contributed by atoms with van der Waals surface area (Å²) < 4.78 is 26.6. The molecule has 2 rings (SSSR count). The quantitative estimate of drug-likeness (QED) is 0.938. The Bertz CT molecular complexity index is 588. The van der Waals surface area contributed by atoms with Crippen LogP contribution in [0.1, 0.15) is 15.2 Å². The Labute approximate surface area is 114 Å². The fraction of sp³-hybridized carbons (Fsp3) is 0.0909. The number of carbonyl (C=O) groups is 1. The van der Waals surface area contributed by atoms with E-state index in [9.17, 15) is 13.6 Å². The zero-order valence-electron chi connectivity index (χ0n) is 8.91. The van der Waals surface area contributed by atoms with Gasteiger partial charge in [0.05, 0.1) is 6.20 Å². The van der Waals surface area contributed by atoms with Crippen LogP contribution in [0.3, 0.4) is 0 Å². The highest BCUT2D eigenvalue weighted by atomic mass is 79.9. The second-order valence-corrected chi connectivity index (χ2v) is 5.70. The van der Waals surface area contributed by atoms with E-state index in [2.05, 4.69) is 26.2 Å². The molecule has 0 fully saturated rings. The van der Waals surface area contributed by atoms with Crippen molar-refractivity contribution in [2.24, 2.45) is 0 Å². The van der Waals surface area contributed by atoms with Crippen molar-refractivity contribution in [2.45, 2.75) is 6.54 Å². The number of benzene rings is 1. The molecule has 0 bridgehead atoms. The molecule has 1 heterocycles. The van der Waals surface area contributed by atoms with Gasteiger partial charge in [-0.05, 0) is 22.0 Å². The second kappa shape index (κ2) is 5.53. The van der Waals surface area contributed by atoms with Gasteiger partial charge in [-0.15, -0.1) is 11.3 Å². The van der Waals surface area contributed by atoms with Crippen molar-refractivity contribution in [3.63, 3.8) is 0 Å². The lowest BCUT2D eigenvalue weighted by Gasteiger charge is -2.04. The van der Waals surface area contributed by atoms with Crippen molar-refractivity contribution in [3.8, 4) is 0 Å². The number of amides is 1.